The summed E-state index contributed by atoms with van der Waals surface area (Å²) in [6, 6.07) is -0.624. The molecular formula is C14H27NO4. The first-order valence-corrected chi connectivity index (χ1v) is 7.06. The predicted octanol–water partition coefficient (Wildman–Crippen LogP) is 2.88. The molecule has 5 heteroatoms. The Labute approximate surface area is 116 Å². The van der Waals surface area contributed by atoms with Crippen LogP contribution in [-0.4, -0.2) is 31.8 Å². The van der Waals surface area contributed by atoms with Gasteiger partial charge in [-0.25, -0.2) is 9.59 Å². The number of nitrogens with one attached hydrogen (secondary N) is 1. The van der Waals surface area contributed by atoms with Crippen molar-refractivity contribution >= 4 is 12.1 Å². The van der Waals surface area contributed by atoms with Crippen LogP contribution in [-0.2, 0) is 14.3 Å². The average molecular weight is 273 g/mol. The summed E-state index contributed by atoms with van der Waals surface area (Å²) in [5.41, 5.74) is 0. The molecule has 0 heterocycles. The molecule has 0 aliphatic heterocycles. The van der Waals surface area contributed by atoms with Gasteiger partial charge in [0, 0.05) is 0 Å². The molecule has 1 amide bonds. The standard InChI is InChI=1S/C14H27NO4/c1-5-7-9-19-14(17)15-12(13(16)18-4)10-11(3)8-6-2/h11-12H,5-10H2,1-4H3,(H,15,17). The van der Waals surface area contributed by atoms with Gasteiger partial charge in [0.1, 0.15) is 6.04 Å². The highest BCUT2D eigenvalue weighted by atomic mass is 16.6. The van der Waals surface area contributed by atoms with Gasteiger partial charge in [-0.15, -0.1) is 0 Å². The van der Waals surface area contributed by atoms with Crippen molar-refractivity contribution in [3.8, 4) is 0 Å². The van der Waals surface area contributed by atoms with E-state index in [0.29, 0.717) is 18.9 Å². The minimum atomic E-state index is -0.624. The first kappa shape index (κ1) is 17.7. The summed E-state index contributed by atoms with van der Waals surface area (Å²) in [4.78, 5) is 23.2. The molecule has 0 rings (SSSR count). The van der Waals surface area contributed by atoms with Gasteiger partial charge in [0.2, 0.25) is 0 Å². The number of rotatable bonds is 9. The summed E-state index contributed by atoms with van der Waals surface area (Å²) in [5, 5.41) is 2.58. The van der Waals surface area contributed by atoms with Crippen LogP contribution >= 0.6 is 0 Å². The molecule has 112 valence electrons. The Morgan fingerprint density at radius 3 is 2.42 bits per heavy atom. The molecule has 2 atom stereocenters. The number of hydrogen-bond donors (Lipinski definition) is 1. The second-order valence-corrected chi connectivity index (χ2v) is 4.84. The van der Waals surface area contributed by atoms with E-state index in [0.717, 1.165) is 25.7 Å². The molecule has 2 unspecified atom stereocenters. The molecule has 19 heavy (non-hydrogen) atoms. The van der Waals surface area contributed by atoms with Gasteiger partial charge in [-0.3, -0.25) is 0 Å². The fourth-order valence-electron chi connectivity index (χ4n) is 1.86. The van der Waals surface area contributed by atoms with E-state index in [9.17, 15) is 9.59 Å². The van der Waals surface area contributed by atoms with E-state index in [1.165, 1.54) is 7.11 Å². The number of carbonyl (C=O) groups is 2. The van der Waals surface area contributed by atoms with Gasteiger partial charge in [0.05, 0.1) is 13.7 Å². The maximum absolute atomic E-state index is 11.6. The Bertz CT molecular complexity index is 268. The molecular weight excluding hydrogens is 246 g/mol. The fraction of sp³-hybridized carbons (Fsp3) is 0.857. The normalized spacial score (nSPS) is 13.5. The molecule has 0 aromatic carbocycles. The van der Waals surface area contributed by atoms with Gasteiger partial charge < -0.3 is 14.8 Å². The maximum Gasteiger partial charge on any atom is 0.407 e. The number of methoxy groups -OCH3 is 1. The van der Waals surface area contributed by atoms with Crippen LogP contribution in [0.25, 0.3) is 0 Å². The summed E-state index contributed by atoms with van der Waals surface area (Å²) in [6.07, 6.45) is 3.87. The molecule has 0 saturated carbocycles. The van der Waals surface area contributed by atoms with E-state index in [1.54, 1.807) is 0 Å². The van der Waals surface area contributed by atoms with E-state index < -0.39 is 18.1 Å². The molecule has 0 aliphatic carbocycles. The molecule has 0 aromatic rings. The number of carbonyl (C=O) groups excluding carboxylic acids is 2. The average Bonchev–Trinajstić information content (AvgIpc) is 2.37. The lowest BCUT2D eigenvalue weighted by molar-refractivity contribution is -0.143. The van der Waals surface area contributed by atoms with Crippen LogP contribution in [0.3, 0.4) is 0 Å². The van der Waals surface area contributed by atoms with Gasteiger partial charge in [0.15, 0.2) is 0 Å². The third-order valence-corrected chi connectivity index (χ3v) is 2.93. The number of ether oxygens (including phenoxy) is 2. The number of alkyl carbamates (subject to hydrolysis) is 1. The third-order valence-electron chi connectivity index (χ3n) is 2.93. The first-order chi connectivity index (χ1) is 9.04. The van der Waals surface area contributed by atoms with E-state index in [2.05, 4.69) is 19.2 Å². The highest BCUT2D eigenvalue weighted by Crippen LogP contribution is 2.13. The van der Waals surface area contributed by atoms with Crippen LogP contribution in [0.15, 0.2) is 0 Å². The van der Waals surface area contributed by atoms with Crippen molar-refractivity contribution in [2.45, 2.75) is 58.9 Å². The molecule has 0 bridgehead atoms. The zero-order valence-corrected chi connectivity index (χ0v) is 12.5. The Kier molecular flexibility index (Phi) is 9.94. The first-order valence-electron chi connectivity index (χ1n) is 7.06. The van der Waals surface area contributed by atoms with Gasteiger partial charge >= 0.3 is 12.1 Å². The molecule has 0 spiro atoms. The number of hydrogen-bond acceptors (Lipinski definition) is 4. The monoisotopic (exact) mass is 273 g/mol. The molecule has 5 nitrogen and oxygen atoms in total. The van der Waals surface area contributed by atoms with E-state index in [4.69, 9.17) is 9.47 Å². The highest BCUT2D eigenvalue weighted by molar-refractivity contribution is 5.81. The molecule has 1 N–H and O–H groups in total. The van der Waals surface area contributed by atoms with Gasteiger partial charge in [0.25, 0.3) is 0 Å². The minimum absolute atomic E-state index is 0.352. The topological polar surface area (TPSA) is 64.6 Å². The van der Waals surface area contributed by atoms with Crippen LogP contribution in [0.4, 0.5) is 4.79 Å². The number of unbranched alkanes of at least 4 members (excludes halogenated alkanes) is 1. The van der Waals surface area contributed by atoms with Crippen molar-refractivity contribution < 1.29 is 19.1 Å². The summed E-state index contributed by atoms with van der Waals surface area (Å²) < 4.78 is 9.70. The zero-order valence-electron chi connectivity index (χ0n) is 12.5. The van der Waals surface area contributed by atoms with Crippen molar-refractivity contribution in [2.24, 2.45) is 5.92 Å². The van der Waals surface area contributed by atoms with Crippen LogP contribution < -0.4 is 5.32 Å². The number of amides is 1. The number of esters is 1. The van der Waals surface area contributed by atoms with Gasteiger partial charge in [-0.05, 0) is 18.8 Å². The van der Waals surface area contributed by atoms with E-state index >= 15 is 0 Å². The Morgan fingerprint density at radius 1 is 1.21 bits per heavy atom. The largest absolute Gasteiger partial charge is 0.467 e. The SMILES string of the molecule is CCCCOC(=O)NC(CC(C)CCC)C(=O)OC. The van der Waals surface area contributed by atoms with Crippen LogP contribution in [0.2, 0.25) is 0 Å². The van der Waals surface area contributed by atoms with E-state index in [1.807, 2.05) is 6.92 Å². The Hall–Kier alpha value is -1.26. The lowest BCUT2D eigenvalue weighted by atomic mass is 9.97. The summed E-state index contributed by atoms with van der Waals surface area (Å²) >= 11 is 0. The molecule has 0 saturated heterocycles. The highest BCUT2D eigenvalue weighted by Gasteiger charge is 2.24. The van der Waals surface area contributed by atoms with Crippen LogP contribution in [0, 0.1) is 5.92 Å². The molecule has 0 radical (unpaired) electrons. The quantitative estimate of drug-likeness (QED) is 0.518. The lowest BCUT2D eigenvalue weighted by Crippen LogP contribution is -2.42. The van der Waals surface area contributed by atoms with Crippen molar-refractivity contribution in [3.05, 3.63) is 0 Å². The predicted molar refractivity (Wildman–Crippen MR) is 73.9 cm³/mol. The van der Waals surface area contributed by atoms with Crippen LogP contribution in [0.5, 0.6) is 0 Å². The van der Waals surface area contributed by atoms with Crippen molar-refractivity contribution in [1.29, 1.82) is 0 Å². The maximum atomic E-state index is 11.6. The molecule has 0 aliphatic rings. The van der Waals surface area contributed by atoms with Crippen molar-refractivity contribution in [1.82, 2.24) is 5.32 Å². The lowest BCUT2D eigenvalue weighted by Gasteiger charge is -2.19. The summed E-state index contributed by atoms with van der Waals surface area (Å²) in [6.45, 7) is 6.55. The van der Waals surface area contributed by atoms with Crippen molar-refractivity contribution in [3.63, 3.8) is 0 Å². The van der Waals surface area contributed by atoms with Crippen molar-refractivity contribution in [2.75, 3.05) is 13.7 Å². The second-order valence-electron chi connectivity index (χ2n) is 4.84. The van der Waals surface area contributed by atoms with Gasteiger partial charge in [-0.2, -0.15) is 0 Å². The third kappa shape index (κ3) is 8.46. The smallest absolute Gasteiger partial charge is 0.407 e. The second kappa shape index (κ2) is 10.6. The Morgan fingerprint density at radius 2 is 1.89 bits per heavy atom. The Balaban J connectivity index is 4.26. The summed E-state index contributed by atoms with van der Waals surface area (Å²) in [5.74, 6) is -0.0690. The molecule has 0 fully saturated rings. The molecule has 0 aromatic heterocycles. The van der Waals surface area contributed by atoms with Gasteiger partial charge in [-0.1, -0.05) is 40.0 Å². The van der Waals surface area contributed by atoms with E-state index in [-0.39, 0.29) is 0 Å². The van der Waals surface area contributed by atoms with Crippen LogP contribution in [0.1, 0.15) is 52.9 Å². The summed E-state index contributed by atoms with van der Waals surface area (Å²) in [7, 11) is 1.32. The fourth-order valence-corrected chi connectivity index (χ4v) is 1.86. The zero-order chi connectivity index (χ0) is 14.7. The minimum Gasteiger partial charge on any atom is -0.467 e.